The van der Waals surface area contributed by atoms with E-state index in [2.05, 4.69) is 25.2 Å². The summed E-state index contributed by atoms with van der Waals surface area (Å²) in [5, 5.41) is 3.40. The van der Waals surface area contributed by atoms with Crippen LogP contribution in [0.25, 0.3) is 11.3 Å². The number of rotatable bonds is 4. The minimum Gasteiger partial charge on any atom is -0.340 e. The highest BCUT2D eigenvalue weighted by Crippen LogP contribution is 2.36. The predicted octanol–water partition coefficient (Wildman–Crippen LogP) is 3.51. The molecule has 1 aromatic carbocycles. The summed E-state index contributed by atoms with van der Waals surface area (Å²) in [4.78, 5) is 29.4. The number of fused-ring (bicyclic) bond motifs is 1. The van der Waals surface area contributed by atoms with E-state index in [-0.39, 0.29) is 23.3 Å². The Hall–Kier alpha value is -3.19. The normalized spacial score (nSPS) is 22.2. The molecule has 0 spiro atoms. The van der Waals surface area contributed by atoms with Crippen molar-refractivity contribution in [2.75, 3.05) is 24.5 Å². The first-order valence-corrected chi connectivity index (χ1v) is 11.0. The van der Waals surface area contributed by atoms with Gasteiger partial charge in [0.05, 0.1) is 11.7 Å². The first-order valence-electron chi connectivity index (χ1n) is 11.0. The summed E-state index contributed by atoms with van der Waals surface area (Å²) in [6.45, 7) is 8.06. The van der Waals surface area contributed by atoms with E-state index in [9.17, 15) is 9.18 Å². The molecule has 0 radical (unpaired) electrons. The molecule has 6 nitrogen and oxygen atoms in total. The zero-order chi connectivity index (χ0) is 22.4. The Morgan fingerprint density at radius 1 is 1.09 bits per heavy atom. The van der Waals surface area contributed by atoms with Crippen LogP contribution in [0.5, 0.6) is 0 Å². The molecular weight excluding hydrogens is 405 g/mol. The van der Waals surface area contributed by atoms with Crippen molar-refractivity contribution in [3.8, 4) is 11.3 Å². The van der Waals surface area contributed by atoms with Gasteiger partial charge in [0.2, 0.25) is 5.95 Å². The maximum Gasteiger partial charge on any atom is 0.225 e. The summed E-state index contributed by atoms with van der Waals surface area (Å²) in [6.07, 6.45) is 1.63. The molecule has 0 aliphatic carbocycles. The number of pyridine rings is 1. The summed E-state index contributed by atoms with van der Waals surface area (Å²) in [5.74, 6) is 0.651. The standard InChI is InChI=1S/C25H26FN5O/c1-14-6-5-9-27-22(14)21-18(7-4-8-20(21)26)24(32)23-19-13-31(12-17(19)11-28-23)25-29-15(2)10-16(3)30-25/h4-10,17,19,23,28H,11-13H2,1-3H3. The molecule has 0 amide bonds. The minimum absolute atomic E-state index is 0.0831. The lowest BCUT2D eigenvalue weighted by atomic mass is 9.87. The van der Waals surface area contributed by atoms with Crippen LogP contribution in [0.3, 0.4) is 0 Å². The Morgan fingerprint density at radius 2 is 1.88 bits per heavy atom. The second kappa shape index (κ2) is 8.06. The van der Waals surface area contributed by atoms with E-state index in [0.717, 1.165) is 36.0 Å². The van der Waals surface area contributed by atoms with Gasteiger partial charge in [0.15, 0.2) is 5.78 Å². The van der Waals surface area contributed by atoms with Gasteiger partial charge in [0, 0.05) is 54.3 Å². The number of carbonyl (C=O) groups is 1. The Morgan fingerprint density at radius 3 is 2.62 bits per heavy atom. The van der Waals surface area contributed by atoms with Crippen molar-refractivity contribution in [1.82, 2.24) is 20.3 Å². The Kier molecular flexibility index (Phi) is 5.21. The first kappa shape index (κ1) is 20.7. The lowest BCUT2D eigenvalue weighted by Gasteiger charge is -2.22. The number of nitrogens with one attached hydrogen (secondary N) is 1. The van der Waals surface area contributed by atoms with Gasteiger partial charge in [-0.15, -0.1) is 0 Å². The van der Waals surface area contributed by atoms with Crippen molar-refractivity contribution in [2.45, 2.75) is 26.8 Å². The second-order valence-corrected chi connectivity index (χ2v) is 8.86. The topological polar surface area (TPSA) is 71.0 Å². The van der Waals surface area contributed by atoms with Gasteiger partial charge in [-0.3, -0.25) is 9.78 Å². The Bertz CT molecular complexity index is 1180. The quantitative estimate of drug-likeness (QED) is 0.638. The fourth-order valence-electron chi connectivity index (χ4n) is 5.10. The summed E-state index contributed by atoms with van der Waals surface area (Å²) in [6, 6.07) is 9.97. The molecular formula is C25H26FN5O. The third kappa shape index (κ3) is 3.56. The SMILES string of the molecule is Cc1cc(C)nc(N2CC3CNC(C(=O)c4cccc(F)c4-c4ncccc4C)C3C2)n1. The summed E-state index contributed by atoms with van der Waals surface area (Å²) >= 11 is 0. The van der Waals surface area contributed by atoms with Crippen LogP contribution in [0.15, 0.2) is 42.6 Å². The molecule has 0 bridgehead atoms. The van der Waals surface area contributed by atoms with Gasteiger partial charge in [-0.2, -0.15) is 0 Å². The Labute approximate surface area is 186 Å². The third-order valence-electron chi connectivity index (χ3n) is 6.58. The molecule has 3 atom stereocenters. The number of carbonyl (C=O) groups excluding carboxylic acids is 1. The highest BCUT2D eigenvalue weighted by Gasteiger charge is 2.46. The van der Waals surface area contributed by atoms with Crippen LogP contribution in [0.1, 0.15) is 27.3 Å². The summed E-state index contributed by atoms with van der Waals surface area (Å²) in [7, 11) is 0. The number of aryl methyl sites for hydroxylation is 3. The molecule has 2 aliphatic rings. The first-order chi connectivity index (χ1) is 15.4. The maximum atomic E-state index is 15.0. The average molecular weight is 432 g/mol. The number of aromatic nitrogens is 3. The number of hydrogen-bond acceptors (Lipinski definition) is 6. The van der Waals surface area contributed by atoms with E-state index >= 15 is 0 Å². The second-order valence-electron chi connectivity index (χ2n) is 8.86. The highest BCUT2D eigenvalue weighted by atomic mass is 19.1. The molecule has 32 heavy (non-hydrogen) atoms. The lowest BCUT2D eigenvalue weighted by molar-refractivity contribution is 0.0931. The fourth-order valence-corrected chi connectivity index (χ4v) is 5.10. The number of Topliss-reactive ketones (excluding diaryl/α,β-unsaturated/α-hetero) is 1. The minimum atomic E-state index is -0.427. The van der Waals surface area contributed by atoms with Crippen molar-refractivity contribution >= 4 is 11.7 Å². The number of nitrogens with zero attached hydrogens (tertiary/aromatic N) is 4. The number of anilines is 1. The number of halogens is 1. The third-order valence-corrected chi connectivity index (χ3v) is 6.58. The summed E-state index contributed by atoms with van der Waals surface area (Å²) < 4.78 is 15.0. The van der Waals surface area contributed by atoms with E-state index < -0.39 is 5.82 Å². The van der Waals surface area contributed by atoms with Gasteiger partial charge in [-0.25, -0.2) is 14.4 Å². The fraction of sp³-hybridized carbons (Fsp3) is 0.360. The van der Waals surface area contributed by atoms with Gasteiger partial charge in [-0.1, -0.05) is 18.2 Å². The molecule has 2 aliphatic heterocycles. The molecule has 3 aromatic rings. The molecule has 2 fully saturated rings. The van der Waals surface area contributed by atoms with E-state index in [0.29, 0.717) is 23.7 Å². The molecule has 7 heteroatoms. The Balaban J connectivity index is 1.45. The lowest BCUT2D eigenvalue weighted by Crippen LogP contribution is -2.39. The molecule has 164 valence electrons. The molecule has 2 aromatic heterocycles. The monoisotopic (exact) mass is 431 g/mol. The van der Waals surface area contributed by atoms with Crippen LogP contribution in [0.2, 0.25) is 0 Å². The van der Waals surface area contributed by atoms with E-state index in [1.807, 2.05) is 39.0 Å². The van der Waals surface area contributed by atoms with Gasteiger partial charge in [-0.05, 0) is 50.5 Å². The van der Waals surface area contributed by atoms with Crippen molar-refractivity contribution in [1.29, 1.82) is 0 Å². The maximum absolute atomic E-state index is 15.0. The van der Waals surface area contributed by atoms with Crippen LogP contribution in [0, 0.1) is 38.4 Å². The van der Waals surface area contributed by atoms with Crippen LogP contribution in [0.4, 0.5) is 10.3 Å². The predicted molar refractivity (Wildman–Crippen MR) is 121 cm³/mol. The van der Waals surface area contributed by atoms with Crippen molar-refractivity contribution in [3.05, 3.63) is 70.9 Å². The van der Waals surface area contributed by atoms with Gasteiger partial charge in [0.25, 0.3) is 0 Å². The molecule has 2 saturated heterocycles. The molecule has 3 unspecified atom stereocenters. The zero-order valence-corrected chi connectivity index (χ0v) is 18.5. The van der Waals surface area contributed by atoms with Crippen LogP contribution in [-0.2, 0) is 0 Å². The zero-order valence-electron chi connectivity index (χ0n) is 18.5. The van der Waals surface area contributed by atoms with Crippen LogP contribution < -0.4 is 10.2 Å². The highest BCUT2D eigenvalue weighted by molar-refractivity contribution is 6.06. The number of ketones is 1. The van der Waals surface area contributed by atoms with Crippen molar-refractivity contribution in [3.63, 3.8) is 0 Å². The van der Waals surface area contributed by atoms with E-state index in [4.69, 9.17) is 0 Å². The smallest absolute Gasteiger partial charge is 0.225 e. The molecule has 5 rings (SSSR count). The van der Waals surface area contributed by atoms with E-state index in [1.54, 1.807) is 18.3 Å². The van der Waals surface area contributed by atoms with Crippen molar-refractivity contribution in [2.24, 2.45) is 11.8 Å². The summed E-state index contributed by atoms with van der Waals surface area (Å²) in [5.41, 5.74) is 3.89. The molecule has 0 saturated carbocycles. The molecule has 1 N–H and O–H groups in total. The van der Waals surface area contributed by atoms with E-state index in [1.165, 1.54) is 6.07 Å². The largest absolute Gasteiger partial charge is 0.340 e. The number of benzene rings is 1. The van der Waals surface area contributed by atoms with Gasteiger partial charge in [0.1, 0.15) is 5.82 Å². The number of hydrogen-bond donors (Lipinski definition) is 1. The molecule has 4 heterocycles. The average Bonchev–Trinajstić information content (AvgIpc) is 3.34. The van der Waals surface area contributed by atoms with Crippen molar-refractivity contribution < 1.29 is 9.18 Å². The van der Waals surface area contributed by atoms with Gasteiger partial charge < -0.3 is 10.2 Å². The van der Waals surface area contributed by atoms with Gasteiger partial charge >= 0.3 is 0 Å². The van der Waals surface area contributed by atoms with Crippen LogP contribution in [-0.4, -0.2) is 46.4 Å². The van der Waals surface area contributed by atoms with Crippen LogP contribution >= 0.6 is 0 Å².